The van der Waals surface area contributed by atoms with Crippen molar-refractivity contribution >= 4 is 5.91 Å². The minimum atomic E-state index is 0.0738. The van der Waals surface area contributed by atoms with E-state index in [-0.39, 0.29) is 5.91 Å². The molecule has 1 amide bonds. The lowest BCUT2D eigenvalue weighted by molar-refractivity contribution is -1.02. The van der Waals surface area contributed by atoms with Crippen LogP contribution in [-0.2, 0) is 17.9 Å². The molecule has 0 radical (unpaired) electrons. The summed E-state index contributed by atoms with van der Waals surface area (Å²) in [6, 6.07) is 9.79. The van der Waals surface area contributed by atoms with Crippen LogP contribution in [0.4, 0.5) is 0 Å². The lowest BCUT2D eigenvalue weighted by Crippen LogP contribution is -3.28. The molecule has 0 unspecified atom stereocenters. The van der Waals surface area contributed by atoms with Gasteiger partial charge in [0.15, 0.2) is 18.0 Å². The molecule has 7 heteroatoms. The molecular formula is C20H29N3O4+2. The standard InChI is InChI=1S/C20H27N3O4/c1-25-18-6-5-16(12-19(18)26-2)14-22-7-9-23(10-8-22)15-20(24)21-13-17-4-3-11-27-17/h3-6,11-12H,7-10,13-15H2,1-2H3,(H,21,24)/p+2. The zero-order valence-corrected chi connectivity index (χ0v) is 16.0. The highest BCUT2D eigenvalue weighted by molar-refractivity contribution is 5.76. The fourth-order valence-electron chi connectivity index (χ4n) is 3.48. The molecule has 0 bridgehead atoms. The highest BCUT2D eigenvalue weighted by Crippen LogP contribution is 2.27. The summed E-state index contributed by atoms with van der Waals surface area (Å²) in [6.07, 6.45) is 1.62. The number of nitrogens with one attached hydrogen (secondary N) is 3. The summed E-state index contributed by atoms with van der Waals surface area (Å²) in [7, 11) is 3.31. The van der Waals surface area contributed by atoms with E-state index in [9.17, 15) is 4.79 Å². The number of benzene rings is 1. The average molecular weight is 375 g/mol. The molecule has 7 nitrogen and oxygen atoms in total. The van der Waals surface area contributed by atoms with Crippen LogP contribution in [0.5, 0.6) is 11.5 Å². The molecule has 0 saturated carbocycles. The second-order valence-electron chi connectivity index (χ2n) is 6.90. The van der Waals surface area contributed by atoms with Crippen LogP contribution in [0.15, 0.2) is 41.0 Å². The molecular weight excluding hydrogens is 346 g/mol. The van der Waals surface area contributed by atoms with Gasteiger partial charge in [0.2, 0.25) is 0 Å². The predicted molar refractivity (Wildman–Crippen MR) is 100 cm³/mol. The van der Waals surface area contributed by atoms with Crippen molar-refractivity contribution in [2.75, 3.05) is 46.9 Å². The van der Waals surface area contributed by atoms with Gasteiger partial charge >= 0.3 is 0 Å². The Balaban J connectivity index is 1.41. The Kier molecular flexibility index (Phi) is 6.73. The fraction of sp³-hybridized carbons (Fsp3) is 0.450. The van der Waals surface area contributed by atoms with Crippen molar-refractivity contribution in [3.63, 3.8) is 0 Å². The summed E-state index contributed by atoms with van der Waals surface area (Å²) in [5, 5.41) is 2.92. The largest absolute Gasteiger partial charge is 0.493 e. The number of methoxy groups -OCH3 is 2. The van der Waals surface area contributed by atoms with Gasteiger partial charge in [-0.1, -0.05) is 0 Å². The first-order chi connectivity index (χ1) is 13.2. The number of furan rings is 1. The number of amides is 1. The smallest absolute Gasteiger partial charge is 0.275 e. The van der Waals surface area contributed by atoms with Gasteiger partial charge < -0.3 is 29.0 Å². The first kappa shape index (κ1) is 19.3. The number of carbonyl (C=O) groups excluding carboxylic acids is 1. The zero-order chi connectivity index (χ0) is 19.1. The number of rotatable bonds is 8. The third kappa shape index (κ3) is 5.48. The molecule has 1 saturated heterocycles. The maximum absolute atomic E-state index is 12.1. The van der Waals surface area contributed by atoms with Gasteiger partial charge in [0.1, 0.15) is 38.5 Å². The third-order valence-electron chi connectivity index (χ3n) is 5.02. The number of ether oxygens (including phenoxy) is 2. The van der Waals surface area contributed by atoms with Crippen LogP contribution in [0.2, 0.25) is 0 Å². The van der Waals surface area contributed by atoms with Gasteiger partial charge in [-0.2, -0.15) is 0 Å². The van der Waals surface area contributed by atoms with Crippen LogP contribution in [0.25, 0.3) is 0 Å². The molecule has 2 heterocycles. The summed E-state index contributed by atoms with van der Waals surface area (Å²) in [4.78, 5) is 15.0. The maximum Gasteiger partial charge on any atom is 0.275 e. The van der Waals surface area contributed by atoms with Crippen molar-refractivity contribution in [3.8, 4) is 11.5 Å². The quantitative estimate of drug-likeness (QED) is 0.548. The van der Waals surface area contributed by atoms with Crippen LogP contribution in [0, 0.1) is 0 Å². The number of piperazine rings is 1. The predicted octanol–water partition coefficient (Wildman–Crippen LogP) is -1.10. The second-order valence-corrected chi connectivity index (χ2v) is 6.90. The molecule has 1 aliphatic heterocycles. The molecule has 3 rings (SSSR count). The minimum Gasteiger partial charge on any atom is -0.493 e. The number of carbonyl (C=O) groups is 1. The summed E-state index contributed by atoms with van der Waals surface area (Å²) < 4.78 is 15.9. The Bertz CT molecular complexity index is 725. The molecule has 1 aliphatic rings. The van der Waals surface area contributed by atoms with Crippen LogP contribution < -0.4 is 24.6 Å². The monoisotopic (exact) mass is 375 g/mol. The molecule has 1 fully saturated rings. The lowest BCUT2D eigenvalue weighted by Gasteiger charge is -2.29. The maximum atomic E-state index is 12.1. The van der Waals surface area contributed by atoms with Crippen molar-refractivity contribution in [2.45, 2.75) is 13.1 Å². The van der Waals surface area contributed by atoms with E-state index in [0.717, 1.165) is 50.0 Å². The lowest BCUT2D eigenvalue weighted by atomic mass is 10.1. The van der Waals surface area contributed by atoms with Crippen LogP contribution >= 0.6 is 0 Å². The van der Waals surface area contributed by atoms with E-state index in [4.69, 9.17) is 13.9 Å². The van der Waals surface area contributed by atoms with Crippen molar-refractivity contribution in [2.24, 2.45) is 0 Å². The fourth-order valence-corrected chi connectivity index (χ4v) is 3.48. The van der Waals surface area contributed by atoms with E-state index in [1.807, 2.05) is 24.3 Å². The Hall–Kier alpha value is -2.51. The minimum absolute atomic E-state index is 0.0738. The van der Waals surface area contributed by atoms with E-state index < -0.39 is 0 Å². The van der Waals surface area contributed by atoms with Crippen LogP contribution in [0.3, 0.4) is 0 Å². The van der Waals surface area contributed by atoms with E-state index in [2.05, 4.69) is 11.4 Å². The van der Waals surface area contributed by atoms with Crippen molar-refractivity contribution in [3.05, 3.63) is 47.9 Å². The third-order valence-corrected chi connectivity index (χ3v) is 5.02. The summed E-state index contributed by atoms with van der Waals surface area (Å²) in [6.45, 7) is 6.02. The summed E-state index contributed by atoms with van der Waals surface area (Å²) in [5.41, 5.74) is 1.24. The van der Waals surface area contributed by atoms with Crippen LogP contribution in [-0.4, -0.2) is 52.9 Å². The zero-order valence-electron chi connectivity index (χ0n) is 16.0. The van der Waals surface area contributed by atoms with E-state index in [1.54, 1.807) is 20.5 Å². The van der Waals surface area contributed by atoms with Gasteiger partial charge in [0.05, 0.1) is 27.0 Å². The Morgan fingerprint density at radius 2 is 1.81 bits per heavy atom. The average Bonchev–Trinajstić information content (AvgIpc) is 3.21. The second kappa shape index (κ2) is 9.43. The first-order valence-corrected chi connectivity index (χ1v) is 9.35. The number of hydrogen-bond acceptors (Lipinski definition) is 4. The summed E-state index contributed by atoms with van der Waals surface area (Å²) >= 11 is 0. The van der Waals surface area contributed by atoms with Gasteiger partial charge in [-0.15, -0.1) is 0 Å². The molecule has 2 aromatic rings. The number of hydrogen-bond donors (Lipinski definition) is 3. The van der Waals surface area contributed by atoms with Gasteiger partial charge in [-0.05, 0) is 30.3 Å². The normalized spacial score (nSPS) is 19.5. The molecule has 27 heavy (non-hydrogen) atoms. The van der Waals surface area contributed by atoms with Gasteiger partial charge in [-0.25, -0.2) is 0 Å². The van der Waals surface area contributed by atoms with E-state index in [1.165, 1.54) is 15.4 Å². The SMILES string of the molecule is COc1ccc(C[NH+]2CC[NH+](CC(=O)NCc3ccco3)CC2)cc1OC. The molecule has 1 aromatic carbocycles. The van der Waals surface area contributed by atoms with Crippen molar-refractivity contribution < 1.29 is 28.5 Å². The Labute approximate surface area is 159 Å². The molecule has 1 aromatic heterocycles. The first-order valence-electron chi connectivity index (χ1n) is 9.35. The van der Waals surface area contributed by atoms with Gasteiger partial charge in [0.25, 0.3) is 5.91 Å². The van der Waals surface area contributed by atoms with Gasteiger partial charge in [-0.3, -0.25) is 4.79 Å². The highest BCUT2D eigenvalue weighted by Gasteiger charge is 2.25. The Morgan fingerprint density at radius 1 is 1.07 bits per heavy atom. The summed E-state index contributed by atoms with van der Waals surface area (Å²) in [5.74, 6) is 2.38. The van der Waals surface area contributed by atoms with Crippen molar-refractivity contribution in [1.82, 2.24) is 5.32 Å². The van der Waals surface area contributed by atoms with Crippen LogP contribution in [0.1, 0.15) is 11.3 Å². The molecule has 0 aliphatic carbocycles. The molecule has 146 valence electrons. The van der Waals surface area contributed by atoms with Crippen molar-refractivity contribution in [1.29, 1.82) is 0 Å². The number of quaternary nitrogens is 2. The van der Waals surface area contributed by atoms with E-state index >= 15 is 0 Å². The molecule has 0 spiro atoms. The Morgan fingerprint density at radius 3 is 2.48 bits per heavy atom. The molecule has 0 atom stereocenters. The van der Waals surface area contributed by atoms with Gasteiger partial charge in [0, 0.05) is 5.56 Å². The highest BCUT2D eigenvalue weighted by atomic mass is 16.5. The molecule has 3 N–H and O–H groups in total. The topological polar surface area (TPSA) is 69.6 Å². The van der Waals surface area contributed by atoms with E-state index in [0.29, 0.717) is 13.1 Å².